The van der Waals surface area contributed by atoms with Gasteiger partial charge in [0.25, 0.3) is 0 Å². The van der Waals surface area contributed by atoms with Crippen LogP contribution in [0.15, 0.2) is 24.3 Å². The summed E-state index contributed by atoms with van der Waals surface area (Å²) < 4.78 is 0. The van der Waals surface area contributed by atoms with Crippen molar-refractivity contribution in [3.05, 3.63) is 34.9 Å². The molecule has 0 aliphatic heterocycles. The van der Waals surface area contributed by atoms with E-state index in [1.165, 1.54) is 0 Å². The van der Waals surface area contributed by atoms with Crippen molar-refractivity contribution in [1.82, 2.24) is 0 Å². The van der Waals surface area contributed by atoms with Gasteiger partial charge in [0.2, 0.25) is 0 Å². The second-order valence-electron chi connectivity index (χ2n) is 3.50. The number of benzene rings is 1. The highest BCUT2D eigenvalue weighted by molar-refractivity contribution is 6.30. The number of hydrogen-bond donors (Lipinski definition) is 1. The SMILES string of the molecule is CC[C@](C)(C(=O)O)c1ccc(Cl)cc1. The number of carboxylic acids is 1. The fourth-order valence-corrected chi connectivity index (χ4v) is 1.42. The Morgan fingerprint density at radius 2 is 1.93 bits per heavy atom. The van der Waals surface area contributed by atoms with E-state index in [4.69, 9.17) is 16.7 Å². The van der Waals surface area contributed by atoms with Crippen LogP contribution in [-0.4, -0.2) is 11.1 Å². The zero-order valence-electron chi connectivity index (χ0n) is 8.25. The largest absolute Gasteiger partial charge is 0.481 e. The molecule has 0 heterocycles. The highest BCUT2D eigenvalue weighted by Gasteiger charge is 2.32. The van der Waals surface area contributed by atoms with Crippen LogP contribution in [0.25, 0.3) is 0 Å². The molecule has 1 rings (SSSR count). The number of aliphatic carboxylic acids is 1. The van der Waals surface area contributed by atoms with Crippen LogP contribution in [0.3, 0.4) is 0 Å². The maximum Gasteiger partial charge on any atom is 0.313 e. The van der Waals surface area contributed by atoms with Gasteiger partial charge in [0.1, 0.15) is 0 Å². The molecule has 76 valence electrons. The van der Waals surface area contributed by atoms with Crippen LogP contribution in [-0.2, 0) is 10.2 Å². The van der Waals surface area contributed by atoms with Gasteiger partial charge in [-0.15, -0.1) is 0 Å². The van der Waals surface area contributed by atoms with E-state index in [2.05, 4.69) is 0 Å². The molecule has 0 bridgehead atoms. The van der Waals surface area contributed by atoms with Gasteiger partial charge in [-0.3, -0.25) is 4.79 Å². The van der Waals surface area contributed by atoms with Crippen LogP contribution in [0, 0.1) is 0 Å². The smallest absolute Gasteiger partial charge is 0.313 e. The minimum atomic E-state index is -0.815. The molecule has 1 atom stereocenters. The monoisotopic (exact) mass is 212 g/mol. The summed E-state index contributed by atoms with van der Waals surface area (Å²) in [4.78, 5) is 11.1. The number of carbonyl (C=O) groups is 1. The molecule has 0 spiro atoms. The van der Waals surface area contributed by atoms with Gasteiger partial charge in [0.15, 0.2) is 0 Å². The van der Waals surface area contributed by atoms with E-state index in [1.807, 2.05) is 6.92 Å². The maximum absolute atomic E-state index is 11.1. The zero-order valence-corrected chi connectivity index (χ0v) is 9.01. The molecule has 0 aromatic heterocycles. The fraction of sp³-hybridized carbons (Fsp3) is 0.364. The van der Waals surface area contributed by atoms with Crippen molar-refractivity contribution >= 4 is 17.6 Å². The Hall–Kier alpha value is -1.02. The lowest BCUT2D eigenvalue weighted by molar-refractivity contribution is -0.143. The van der Waals surface area contributed by atoms with E-state index in [0.717, 1.165) is 5.56 Å². The van der Waals surface area contributed by atoms with Crippen LogP contribution in [0.2, 0.25) is 5.02 Å². The third-order valence-corrected chi connectivity index (χ3v) is 2.91. The summed E-state index contributed by atoms with van der Waals surface area (Å²) in [5, 5.41) is 9.75. The Balaban J connectivity index is 3.13. The summed E-state index contributed by atoms with van der Waals surface area (Å²) in [5.41, 5.74) is -0.0261. The van der Waals surface area contributed by atoms with E-state index < -0.39 is 11.4 Å². The topological polar surface area (TPSA) is 37.3 Å². The highest BCUT2D eigenvalue weighted by Crippen LogP contribution is 2.28. The molecule has 0 amide bonds. The Morgan fingerprint density at radius 3 is 2.29 bits per heavy atom. The normalized spacial score (nSPS) is 14.8. The van der Waals surface area contributed by atoms with E-state index in [-0.39, 0.29) is 0 Å². The van der Waals surface area contributed by atoms with Gasteiger partial charge in [-0.2, -0.15) is 0 Å². The van der Waals surface area contributed by atoms with E-state index in [9.17, 15) is 4.79 Å². The maximum atomic E-state index is 11.1. The van der Waals surface area contributed by atoms with Gasteiger partial charge in [-0.1, -0.05) is 30.7 Å². The van der Waals surface area contributed by atoms with Gasteiger partial charge < -0.3 is 5.11 Å². The average Bonchev–Trinajstić information content (AvgIpc) is 2.17. The van der Waals surface area contributed by atoms with Crippen molar-refractivity contribution in [2.45, 2.75) is 25.7 Å². The van der Waals surface area contributed by atoms with Crippen LogP contribution >= 0.6 is 11.6 Å². The van der Waals surface area contributed by atoms with Crippen molar-refractivity contribution in [2.24, 2.45) is 0 Å². The summed E-state index contributed by atoms with van der Waals surface area (Å²) >= 11 is 5.74. The van der Waals surface area contributed by atoms with Crippen molar-refractivity contribution in [3.8, 4) is 0 Å². The molecule has 1 aromatic carbocycles. The lowest BCUT2D eigenvalue weighted by Crippen LogP contribution is -2.31. The number of halogens is 1. The van der Waals surface area contributed by atoms with Crippen molar-refractivity contribution < 1.29 is 9.90 Å². The Bertz CT molecular complexity index is 332. The first kappa shape index (κ1) is 11.1. The van der Waals surface area contributed by atoms with Gasteiger partial charge in [0, 0.05) is 5.02 Å². The first-order valence-electron chi connectivity index (χ1n) is 4.50. The molecule has 0 saturated carbocycles. The van der Waals surface area contributed by atoms with E-state index in [1.54, 1.807) is 31.2 Å². The third kappa shape index (κ3) is 1.90. The van der Waals surface area contributed by atoms with Crippen LogP contribution in [0.1, 0.15) is 25.8 Å². The Kier molecular flexibility index (Phi) is 3.17. The summed E-state index contributed by atoms with van der Waals surface area (Å²) in [7, 11) is 0. The van der Waals surface area contributed by atoms with Crippen LogP contribution < -0.4 is 0 Å². The molecule has 0 fully saturated rings. The second-order valence-corrected chi connectivity index (χ2v) is 3.93. The predicted octanol–water partition coefficient (Wildman–Crippen LogP) is 3.09. The molecule has 14 heavy (non-hydrogen) atoms. The van der Waals surface area contributed by atoms with Crippen molar-refractivity contribution in [2.75, 3.05) is 0 Å². The molecule has 3 heteroatoms. The quantitative estimate of drug-likeness (QED) is 0.836. The summed E-state index contributed by atoms with van der Waals surface area (Å²) in [5.74, 6) is -0.803. The van der Waals surface area contributed by atoms with Crippen molar-refractivity contribution in [1.29, 1.82) is 0 Å². The van der Waals surface area contributed by atoms with Crippen LogP contribution in [0.4, 0.5) is 0 Å². The summed E-state index contributed by atoms with van der Waals surface area (Å²) in [6.07, 6.45) is 0.559. The van der Waals surface area contributed by atoms with Gasteiger partial charge in [0.05, 0.1) is 5.41 Å². The fourth-order valence-electron chi connectivity index (χ4n) is 1.30. The molecule has 1 aromatic rings. The molecular weight excluding hydrogens is 200 g/mol. The minimum Gasteiger partial charge on any atom is -0.481 e. The number of rotatable bonds is 3. The lowest BCUT2D eigenvalue weighted by Gasteiger charge is -2.23. The summed E-state index contributed by atoms with van der Waals surface area (Å²) in [6, 6.07) is 6.96. The van der Waals surface area contributed by atoms with Crippen molar-refractivity contribution in [3.63, 3.8) is 0 Å². The molecule has 0 aliphatic rings. The average molecular weight is 213 g/mol. The lowest BCUT2D eigenvalue weighted by atomic mass is 9.80. The Morgan fingerprint density at radius 1 is 1.43 bits per heavy atom. The van der Waals surface area contributed by atoms with E-state index in [0.29, 0.717) is 11.4 Å². The third-order valence-electron chi connectivity index (χ3n) is 2.66. The zero-order chi connectivity index (χ0) is 10.8. The minimum absolute atomic E-state index is 0.559. The standard InChI is InChI=1S/C11H13ClO2/c1-3-11(2,10(13)14)8-4-6-9(12)7-5-8/h4-7H,3H2,1-2H3,(H,13,14)/t11-/m0/s1. The molecular formula is C11H13ClO2. The summed E-state index contributed by atoms with van der Waals surface area (Å²) in [6.45, 7) is 3.58. The van der Waals surface area contributed by atoms with Gasteiger partial charge in [-0.05, 0) is 31.0 Å². The Labute approximate surface area is 88.5 Å². The van der Waals surface area contributed by atoms with Gasteiger partial charge >= 0.3 is 5.97 Å². The van der Waals surface area contributed by atoms with Gasteiger partial charge in [-0.25, -0.2) is 0 Å². The van der Waals surface area contributed by atoms with E-state index >= 15 is 0 Å². The molecule has 1 N–H and O–H groups in total. The number of carboxylic acid groups (broad SMARTS) is 1. The predicted molar refractivity (Wildman–Crippen MR) is 56.7 cm³/mol. The molecule has 2 nitrogen and oxygen atoms in total. The number of hydrogen-bond acceptors (Lipinski definition) is 1. The highest BCUT2D eigenvalue weighted by atomic mass is 35.5. The first-order chi connectivity index (χ1) is 6.50. The second kappa shape index (κ2) is 4.01. The molecule has 0 saturated heterocycles. The molecule has 0 radical (unpaired) electrons. The molecule has 0 aliphatic carbocycles. The van der Waals surface area contributed by atoms with Crippen LogP contribution in [0.5, 0.6) is 0 Å². The molecule has 0 unspecified atom stereocenters. The first-order valence-corrected chi connectivity index (χ1v) is 4.88.